The molecule has 0 aliphatic rings. The fourth-order valence-electron chi connectivity index (χ4n) is 2.28. The Hall–Kier alpha value is -2.70. The second-order valence-corrected chi connectivity index (χ2v) is 5.70. The largest absolute Gasteiger partial charge is 0.395 e. The maximum atomic E-state index is 9.01. The summed E-state index contributed by atoms with van der Waals surface area (Å²) in [5, 5.41) is 16.0. The first kappa shape index (κ1) is 17.1. The van der Waals surface area contributed by atoms with E-state index in [1.54, 1.807) is 12.4 Å². The van der Waals surface area contributed by atoms with Crippen molar-refractivity contribution in [3.8, 4) is 11.3 Å². The molecule has 0 amide bonds. The summed E-state index contributed by atoms with van der Waals surface area (Å²) in [5.74, 6) is 1.12. The molecule has 3 N–H and O–H groups in total. The molecule has 25 heavy (non-hydrogen) atoms. The smallest absolute Gasteiger partial charge is 0.225 e. The summed E-state index contributed by atoms with van der Waals surface area (Å²) in [6.07, 6.45) is 3.43. The molecule has 6 nitrogen and oxygen atoms in total. The highest BCUT2D eigenvalue weighted by molar-refractivity contribution is 6.31. The number of benzene rings is 1. The van der Waals surface area contributed by atoms with Crippen LogP contribution in [0, 0.1) is 0 Å². The number of pyridine rings is 1. The Morgan fingerprint density at radius 1 is 1.00 bits per heavy atom. The van der Waals surface area contributed by atoms with E-state index >= 15 is 0 Å². The Morgan fingerprint density at radius 2 is 1.80 bits per heavy atom. The van der Waals surface area contributed by atoms with Gasteiger partial charge in [0.05, 0.1) is 12.3 Å². The van der Waals surface area contributed by atoms with Crippen LogP contribution in [-0.4, -0.2) is 33.2 Å². The molecule has 0 saturated carbocycles. The average molecular weight is 356 g/mol. The first-order valence-corrected chi connectivity index (χ1v) is 8.25. The summed E-state index contributed by atoms with van der Waals surface area (Å²) < 4.78 is 0. The Bertz CT molecular complexity index is 829. The predicted molar refractivity (Wildman–Crippen MR) is 99.6 cm³/mol. The zero-order valence-corrected chi connectivity index (χ0v) is 14.2. The SMILES string of the molecule is OCCNc1nc(NCc2ccccc2Cl)cc(-c2ccncc2)n1. The van der Waals surface area contributed by atoms with Crippen LogP contribution in [0.15, 0.2) is 54.9 Å². The van der Waals surface area contributed by atoms with Crippen LogP contribution in [0.2, 0.25) is 5.02 Å². The fourth-order valence-corrected chi connectivity index (χ4v) is 2.49. The van der Waals surface area contributed by atoms with Crippen molar-refractivity contribution in [1.29, 1.82) is 0 Å². The van der Waals surface area contributed by atoms with Crippen LogP contribution in [0.4, 0.5) is 11.8 Å². The molecule has 0 fully saturated rings. The molecule has 3 aromatic rings. The van der Waals surface area contributed by atoms with Gasteiger partial charge in [-0.05, 0) is 23.8 Å². The highest BCUT2D eigenvalue weighted by Gasteiger charge is 2.07. The number of hydrogen-bond donors (Lipinski definition) is 3. The van der Waals surface area contributed by atoms with Crippen molar-refractivity contribution in [3.63, 3.8) is 0 Å². The lowest BCUT2D eigenvalue weighted by atomic mass is 10.2. The minimum atomic E-state index is 0.00519. The Kier molecular flexibility index (Phi) is 5.77. The van der Waals surface area contributed by atoms with Gasteiger partial charge in [-0.3, -0.25) is 4.98 Å². The molecule has 2 aromatic heterocycles. The molecule has 0 bridgehead atoms. The Labute approximate surface area is 150 Å². The van der Waals surface area contributed by atoms with Crippen LogP contribution >= 0.6 is 11.6 Å². The predicted octanol–water partition coefficient (Wildman–Crippen LogP) is 3.21. The van der Waals surface area contributed by atoms with Gasteiger partial charge in [-0.25, -0.2) is 4.98 Å². The summed E-state index contributed by atoms with van der Waals surface area (Å²) in [5.41, 5.74) is 2.68. The Morgan fingerprint density at radius 3 is 2.56 bits per heavy atom. The molecular weight excluding hydrogens is 338 g/mol. The third-order valence-electron chi connectivity index (χ3n) is 3.51. The van der Waals surface area contributed by atoms with Gasteiger partial charge in [0, 0.05) is 42.1 Å². The second-order valence-electron chi connectivity index (χ2n) is 5.29. The van der Waals surface area contributed by atoms with E-state index in [0.717, 1.165) is 16.8 Å². The molecular formula is C18H18ClN5O. The van der Waals surface area contributed by atoms with Gasteiger partial charge >= 0.3 is 0 Å². The lowest BCUT2D eigenvalue weighted by Crippen LogP contribution is -2.11. The number of aromatic nitrogens is 3. The minimum absolute atomic E-state index is 0.00519. The molecule has 128 valence electrons. The Balaban J connectivity index is 1.85. The summed E-state index contributed by atoms with van der Waals surface area (Å²) in [4.78, 5) is 13.0. The molecule has 3 rings (SSSR count). The van der Waals surface area contributed by atoms with E-state index in [9.17, 15) is 0 Å². The van der Waals surface area contributed by atoms with E-state index in [1.807, 2.05) is 42.5 Å². The molecule has 1 aromatic carbocycles. The number of nitrogens with one attached hydrogen (secondary N) is 2. The van der Waals surface area contributed by atoms with Crippen molar-refractivity contribution in [2.75, 3.05) is 23.8 Å². The van der Waals surface area contributed by atoms with Crippen molar-refractivity contribution in [2.24, 2.45) is 0 Å². The topological polar surface area (TPSA) is 83.0 Å². The minimum Gasteiger partial charge on any atom is -0.395 e. The monoisotopic (exact) mass is 355 g/mol. The highest BCUT2D eigenvalue weighted by atomic mass is 35.5. The number of halogens is 1. The molecule has 2 heterocycles. The number of hydrogen-bond acceptors (Lipinski definition) is 6. The number of aliphatic hydroxyl groups is 1. The first-order chi connectivity index (χ1) is 12.3. The number of nitrogens with zero attached hydrogens (tertiary/aromatic N) is 3. The molecule has 7 heteroatoms. The van der Waals surface area contributed by atoms with E-state index in [1.165, 1.54) is 0 Å². The lowest BCUT2D eigenvalue weighted by Gasteiger charge is -2.11. The van der Waals surface area contributed by atoms with Crippen LogP contribution in [0.25, 0.3) is 11.3 Å². The zero-order valence-electron chi connectivity index (χ0n) is 13.5. The van der Waals surface area contributed by atoms with E-state index < -0.39 is 0 Å². The van der Waals surface area contributed by atoms with Crippen LogP contribution in [0.5, 0.6) is 0 Å². The van der Waals surface area contributed by atoms with Crippen LogP contribution in [0.3, 0.4) is 0 Å². The average Bonchev–Trinajstić information content (AvgIpc) is 2.66. The third kappa shape index (κ3) is 4.65. The highest BCUT2D eigenvalue weighted by Crippen LogP contribution is 2.22. The maximum absolute atomic E-state index is 9.01. The van der Waals surface area contributed by atoms with Crippen molar-refractivity contribution in [2.45, 2.75) is 6.54 Å². The second kappa shape index (κ2) is 8.41. The fraction of sp³-hybridized carbons (Fsp3) is 0.167. The van der Waals surface area contributed by atoms with Crippen LogP contribution in [0.1, 0.15) is 5.56 Å². The van der Waals surface area contributed by atoms with Gasteiger partial charge in [-0.15, -0.1) is 0 Å². The summed E-state index contributed by atoms with van der Waals surface area (Å²) in [7, 11) is 0. The van der Waals surface area contributed by atoms with Crippen molar-refractivity contribution in [1.82, 2.24) is 15.0 Å². The van der Waals surface area contributed by atoms with E-state index in [0.29, 0.717) is 29.9 Å². The zero-order chi connectivity index (χ0) is 17.5. The van der Waals surface area contributed by atoms with Crippen LogP contribution in [-0.2, 0) is 6.54 Å². The molecule has 0 spiro atoms. The molecule has 0 saturated heterocycles. The molecule has 0 radical (unpaired) electrons. The lowest BCUT2D eigenvalue weighted by molar-refractivity contribution is 0.311. The van der Waals surface area contributed by atoms with Gasteiger partial charge in [0.1, 0.15) is 5.82 Å². The quantitative estimate of drug-likeness (QED) is 0.603. The number of rotatable bonds is 7. The third-order valence-corrected chi connectivity index (χ3v) is 3.88. The van der Waals surface area contributed by atoms with Gasteiger partial charge in [-0.1, -0.05) is 29.8 Å². The van der Waals surface area contributed by atoms with E-state index in [4.69, 9.17) is 16.7 Å². The molecule has 0 unspecified atom stereocenters. The number of aliphatic hydroxyl groups excluding tert-OH is 1. The first-order valence-electron chi connectivity index (χ1n) is 7.88. The van der Waals surface area contributed by atoms with Crippen molar-refractivity contribution in [3.05, 3.63) is 65.4 Å². The van der Waals surface area contributed by atoms with Gasteiger partial charge in [-0.2, -0.15) is 4.98 Å². The standard InChI is InChI=1S/C18H18ClN5O/c19-15-4-2-1-3-14(15)12-22-17-11-16(13-5-7-20-8-6-13)23-18(24-17)21-9-10-25/h1-8,11,25H,9-10,12H2,(H2,21,22,23,24). The van der Waals surface area contributed by atoms with E-state index in [2.05, 4.69) is 25.6 Å². The van der Waals surface area contributed by atoms with Gasteiger partial charge < -0.3 is 15.7 Å². The molecule has 0 aliphatic heterocycles. The van der Waals surface area contributed by atoms with Gasteiger partial charge in [0.25, 0.3) is 0 Å². The van der Waals surface area contributed by atoms with Crippen LogP contribution < -0.4 is 10.6 Å². The molecule has 0 atom stereocenters. The van der Waals surface area contributed by atoms with E-state index in [-0.39, 0.29) is 6.61 Å². The van der Waals surface area contributed by atoms with Gasteiger partial charge in [0.2, 0.25) is 5.95 Å². The summed E-state index contributed by atoms with van der Waals surface area (Å²) >= 11 is 6.20. The summed E-state index contributed by atoms with van der Waals surface area (Å²) in [6, 6.07) is 13.3. The summed E-state index contributed by atoms with van der Waals surface area (Å²) in [6.45, 7) is 0.931. The maximum Gasteiger partial charge on any atom is 0.225 e. The number of anilines is 2. The van der Waals surface area contributed by atoms with Gasteiger partial charge in [0.15, 0.2) is 0 Å². The van der Waals surface area contributed by atoms with Crippen molar-refractivity contribution >= 4 is 23.4 Å². The normalized spacial score (nSPS) is 10.5. The molecule has 0 aliphatic carbocycles. The van der Waals surface area contributed by atoms with Crippen molar-refractivity contribution < 1.29 is 5.11 Å².